The summed E-state index contributed by atoms with van der Waals surface area (Å²) in [5, 5.41) is 8.49. The number of nitrogens with zero attached hydrogens (tertiary/aromatic N) is 2. The van der Waals surface area contributed by atoms with Gasteiger partial charge in [0.15, 0.2) is 0 Å². The Kier molecular flexibility index (Phi) is 5.18. The van der Waals surface area contributed by atoms with Crippen molar-refractivity contribution < 1.29 is 9.53 Å². The molecular weight excluding hydrogens is 216 g/mol. The highest BCUT2D eigenvalue weighted by Gasteiger charge is 2.17. The van der Waals surface area contributed by atoms with E-state index in [0.717, 1.165) is 5.56 Å². The normalized spacial score (nSPS) is 11.6. The topological polar surface area (TPSA) is 53.3 Å². The maximum absolute atomic E-state index is 11.7. The number of carbonyl (C=O) groups is 1. The Bertz CT molecular complexity index is 398. The van der Waals surface area contributed by atoms with Crippen LogP contribution in [0.3, 0.4) is 0 Å². The molecule has 1 aromatic rings. The lowest BCUT2D eigenvalue weighted by atomic mass is 10.2. The number of ether oxygens (including phenoxy) is 1. The number of rotatable bonds is 5. The van der Waals surface area contributed by atoms with Gasteiger partial charge < -0.3 is 9.64 Å². The molecule has 0 aliphatic heterocycles. The molecule has 0 radical (unpaired) electrons. The van der Waals surface area contributed by atoms with Gasteiger partial charge in [-0.3, -0.25) is 4.79 Å². The molecule has 1 amide bonds. The van der Waals surface area contributed by atoms with E-state index in [1.165, 1.54) is 4.90 Å². The molecule has 0 aliphatic carbocycles. The maximum Gasteiger partial charge on any atom is 0.252 e. The van der Waals surface area contributed by atoms with Crippen LogP contribution in [-0.4, -0.2) is 30.5 Å². The molecule has 4 heteroatoms. The first-order chi connectivity index (χ1) is 8.15. The highest BCUT2D eigenvalue weighted by molar-refractivity contribution is 5.80. The third-order valence-corrected chi connectivity index (χ3v) is 2.37. The largest absolute Gasteiger partial charge is 0.364 e. The lowest BCUT2D eigenvalue weighted by Crippen LogP contribution is -2.36. The third-order valence-electron chi connectivity index (χ3n) is 2.37. The molecule has 0 saturated heterocycles. The van der Waals surface area contributed by atoms with Crippen molar-refractivity contribution in [2.45, 2.75) is 19.6 Å². The van der Waals surface area contributed by atoms with Crippen molar-refractivity contribution in [1.29, 1.82) is 5.26 Å². The highest BCUT2D eigenvalue weighted by atomic mass is 16.5. The van der Waals surface area contributed by atoms with E-state index in [9.17, 15) is 4.79 Å². The zero-order chi connectivity index (χ0) is 12.7. The minimum absolute atomic E-state index is 0.0812. The summed E-state index contributed by atoms with van der Waals surface area (Å²) in [5.74, 6) is -0.178. The zero-order valence-electron chi connectivity index (χ0n) is 10.1. The van der Waals surface area contributed by atoms with Gasteiger partial charge in [-0.15, -0.1) is 0 Å². The van der Waals surface area contributed by atoms with E-state index in [0.29, 0.717) is 6.61 Å². The SMILES string of the molecule is CC(OCc1ccccc1)C(=O)N(C)CC#N. The summed E-state index contributed by atoms with van der Waals surface area (Å²) in [5.41, 5.74) is 1.02. The van der Waals surface area contributed by atoms with Crippen molar-refractivity contribution in [3.8, 4) is 6.07 Å². The van der Waals surface area contributed by atoms with Crippen LogP contribution in [0.4, 0.5) is 0 Å². The summed E-state index contributed by atoms with van der Waals surface area (Å²) in [6.45, 7) is 2.17. The maximum atomic E-state index is 11.7. The van der Waals surface area contributed by atoms with Crippen LogP contribution in [0.25, 0.3) is 0 Å². The fourth-order valence-electron chi connectivity index (χ4n) is 1.36. The molecule has 17 heavy (non-hydrogen) atoms. The lowest BCUT2D eigenvalue weighted by molar-refractivity contribution is -0.141. The average molecular weight is 232 g/mol. The van der Waals surface area contributed by atoms with Gasteiger partial charge >= 0.3 is 0 Å². The van der Waals surface area contributed by atoms with Crippen LogP contribution in [0.1, 0.15) is 12.5 Å². The second-order valence-corrected chi connectivity index (χ2v) is 3.79. The Hall–Kier alpha value is -1.86. The Morgan fingerprint density at radius 3 is 2.71 bits per heavy atom. The Labute approximate surface area is 101 Å². The van der Waals surface area contributed by atoms with E-state index in [1.54, 1.807) is 14.0 Å². The molecule has 1 aromatic carbocycles. The summed E-state index contributed by atoms with van der Waals surface area (Å²) >= 11 is 0. The van der Waals surface area contributed by atoms with E-state index in [2.05, 4.69) is 0 Å². The van der Waals surface area contributed by atoms with Crippen molar-refractivity contribution in [3.63, 3.8) is 0 Å². The van der Waals surface area contributed by atoms with Crippen LogP contribution in [0.5, 0.6) is 0 Å². The summed E-state index contributed by atoms with van der Waals surface area (Å²) in [6, 6.07) is 11.6. The van der Waals surface area contributed by atoms with Crippen molar-refractivity contribution >= 4 is 5.91 Å². The Balaban J connectivity index is 2.42. The lowest BCUT2D eigenvalue weighted by Gasteiger charge is -2.18. The summed E-state index contributed by atoms with van der Waals surface area (Å²) < 4.78 is 5.46. The number of hydrogen-bond donors (Lipinski definition) is 0. The van der Waals surface area contributed by atoms with E-state index < -0.39 is 6.10 Å². The quantitative estimate of drug-likeness (QED) is 0.724. The zero-order valence-corrected chi connectivity index (χ0v) is 10.1. The van der Waals surface area contributed by atoms with Gasteiger partial charge in [0.2, 0.25) is 0 Å². The van der Waals surface area contributed by atoms with Gasteiger partial charge in [-0.2, -0.15) is 5.26 Å². The fourth-order valence-corrected chi connectivity index (χ4v) is 1.36. The van der Waals surface area contributed by atoms with E-state index in [-0.39, 0.29) is 12.5 Å². The van der Waals surface area contributed by atoms with E-state index in [4.69, 9.17) is 10.00 Å². The molecule has 0 heterocycles. The summed E-state index contributed by atoms with van der Waals surface area (Å²) in [6.07, 6.45) is -0.534. The van der Waals surface area contributed by atoms with Gasteiger partial charge in [0, 0.05) is 7.05 Å². The predicted octanol–water partition coefficient (Wildman–Crippen LogP) is 1.57. The highest BCUT2D eigenvalue weighted by Crippen LogP contribution is 2.04. The molecule has 0 aromatic heterocycles. The first-order valence-electron chi connectivity index (χ1n) is 5.42. The molecule has 0 bridgehead atoms. The molecule has 1 atom stereocenters. The number of benzene rings is 1. The second-order valence-electron chi connectivity index (χ2n) is 3.79. The first kappa shape index (κ1) is 13.2. The van der Waals surface area contributed by atoms with Crippen LogP contribution < -0.4 is 0 Å². The van der Waals surface area contributed by atoms with E-state index >= 15 is 0 Å². The molecule has 0 aliphatic rings. The number of likely N-dealkylation sites (N-methyl/N-ethyl adjacent to an activating group) is 1. The first-order valence-corrected chi connectivity index (χ1v) is 5.42. The molecule has 0 saturated carbocycles. The van der Waals surface area contributed by atoms with Gasteiger partial charge in [-0.05, 0) is 12.5 Å². The molecule has 1 rings (SSSR count). The molecular formula is C13H16N2O2. The smallest absolute Gasteiger partial charge is 0.252 e. The van der Waals surface area contributed by atoms with Gasteiger partial charge in [0.25, 0.3) is 5.91 Å². The predicted molar refractivity (Wildman–Crippen MR) is 63.9 cm³/mol. The molecule has 0 N–H and O–H groups in total. The van der Waals surface area contributed by atoms with Crippen molar-refractivity contribution in [3.05, 3.63) is 35.9 Å². The number of amides is 1. The standard InChI is InChI=1S/C13H16N2O2/c1-11(13(16)15(2)9-8-14)17-10-12-6-4-3-5-7-12/h3-7,11H,9-10H2,1-2H3. The number of carbonyl (C=O) groups excluding carboxylic acids is 1. The van der Waals surface area contributed by atoms with Crippen molar-refractivity contribution in [2.75, 3.05) is 13.6 Å². The molecule has 0 spiro atoms. The Morgan fingerprint density at radius 2 is 2.12 bits per heavy atom. The summed E-state index contributed by atoms with van der Waals surface area (Å²) in [7, 11) is 1.59. The second kappa shape index (κ2) is 6.66. The summed E-state index contributed by atoms with van der Waals surface area (Å²) in [4.78, 5) is 13.1. The van der Waals surface area contributed by atoms with Crippen LogP contribution in [0.2, 0.25) is 0 Å². The number of hydrogen-bond acceptors (Lipinski definition) is 3. The number of nitriles is 1. The molecule has 4 nitrogen and oxygen atoms in total. The van der Waals surface area contributed by atoms with Crippen LogP contribution >= 0.6 is 0 Å². The van der Waals surface area contributed by atoms with Crippen molar-refractivity contribution in [2.24, 2.45) is 0 Å². The third kappa shape index (κ3) is 4.25. The average Bonchev–Trinajstić information content (AvgIpc) is 2.36. The minimum Gasteiger partial charge on any atom is -0.364 e. The van der Waals surface area contributed by atoms with Crippen LogP contribution in [0, 0.1) is 11.3 Å². The van der Waals surface area contributed by atoms with Gasteiger partial charge in [-0.1, -0.05) is 30.3 Å². The monoisotopic (exact) mass is 232 g/mol. The molecule has 90 valence electrons. The molecule has 0 fully saturated rings. The van der Waals surface area contributed by atoms with Gasteiger partial charge in [0.05, 0.1) is 12.7 Å². The Morgan fingerprint density at radius 1 is 1.47 bits per heavy atom. The fraction of sp³-hybridized carbons (Fsp3) is 0.385. The minimum atomic E-state index is -0.534. The van der Waals surface area contributed by atoms with E-state index in [1.807, 2.05) is 36.4 Å². The van der Waals surface area contributed by atoms with Crippen LogP contribution in [-0.2, 0) is 16.1 Å². The molecule has 1 unspecified atom stereocenters. The van der Waals surface area contributed by atoms with Gasteiger partial charge in [-0.25, -0.2) is 0 Å². The van der Waals surface area contributed by atoms with Crippen LogP contribution in [0.15, 0.2) is 30.3 Å². The van der Waals surface area contributed by atoms with Gasteiger partial charge in [0.1, 0.15) is 12.6 Å². The van der Waals surface area contributed by atoms with Crippen molar-refractivity contribution in [1.82, 2.24) is 4.90 Å².